The third-order valence-electron chi connectivity index (χ3n) is 3.15. The van der Waals surface area contributed by atoms with Gasteiger partial charge in [-0.1, -0.05) is 30.3 Å². The maximum atomic E-state index is 11.6. The fraction of sp³-hybridized carbons (Fsp3) is 0.357. The summed E-state index contributed by atoms with van der Waals surface area (Å²) >= 11 is 0. The molecule has 2 N–H and O–H groups in total. The average molecular weight is 246 g/mol. The number of carbonyl (C=O) groups excluding carboxylic acids is 1. The highest BCUT2D eigenvalue weighted by Gasteiger charge is 2.22. The van der Waals surface area contributed by atoms with Gasteiger partial charge in [-0.15, -0.1) is 0 Å². The molecule has 96 valence electrons. The van der Waals surface area contributed by atoms with E-state index < -0.39 is 0 Å². The lowest BCUT2D eigenvalue weighted by molar-refractivity contribution is -0.136. The van der Waals surface area contributed by atoms with Crippen molar-refractivity contribution in [1.82, 2.24) is 4.90 Å². The van der Waals surface area contributed by atoms with Crippen LogP contribution in [0.2, 0.25) is 0 Å². The molecule has 0 saturated carbocycles. The molecule has 0 amide bonds. The van der Waals surface area contributed by atoms with Crippen molar-refractivity contribution in [1.29, 1.82) is 0 Å². The Kier molecular flexibility index (Phi) is 3.99. The van der Waals surface area contributed by atoms with E-state index in [-0.39, 0.29) is 5.97 Å². The van der Waals surface area contributed by atoms with E-state index in [1.165, 1.54) is 12.7 Å². The van der Waals surface area contributed by atoms with E-state index in [0.29, 0.717) is 17.8 Å². The number of benzene rings is 1. The summed E-state index contributed by atoms with van der Waals surface area (Å²) < 4.78 is 4.76. The summed E-state index contributed by atoms with van der Waals surface area (Å²) in [5.74, 6) is -0.315. The summed E-state index contributed by atoms with van der Waals surface area (Å²) in [6, 6.07) is 10.2. The maximum Gasteiger partial charge on any atom is 0.336 e. The number of nitrogens with zero attached hydrogens (tertiary/aromatic N) is 1. The van der Waals surface area contributed by atoms with Gasteiger partial charge in [0.05, 0.1) is 12.7 Å². The molecule has 2 rings (SSSR count). The lowest BCUT2D eigenvalue weighted by Gasteiger charge is -2.28. The van der Waals surface area contributed by atoms with Crippen LogP contribution in [0.15, 0.2) is 41.6 Å². The number of carbonyl (C=O) groups is 1. The van der Waals surface area contributed by atoms with Gasteiger partial charge in [0.1, 0.15) is 0 Å². The SMILES string of the molecule is COC(=O)C1=C(N)CCN(Cc2ccccc2)C1. The molecule has 0 atom stereocenters. The summed E-state index contributed by atoms with van der Waals surface area (Å²) in [5.41, 5.74) is 8.36. The smallest absolute Gasteiger partial charge is 0.336 e. The van der Waals surface area contributed by atoms with Crippen LogP contribution in [0.4, 0.5) is 0 Å². The van der Waals surface area contributed by atoms with Gasteiger partial charge in [0.2, 0.25) is 0 Å². The molecular weight excluding hydrogens is 228 g/mol. The van der Waals surface area contributed by atoms with Crippen molar-refractivity contribution in [2.75, 3.05) is 20.2 Å². The molecule has 1 aliphatic rings. The second kappa shape index (κ2) is 5.69. The lowest BCUT2D eigenvalue weighted by atomic mass is 10.1. The number of ether oxygens (including phenoxy) is 1. The average Bonchev–Trinajstić information content (AvgIpc) is 2.41. The van der Waals surface area contributed by atoms with Gasteiger partial charge in [0.25, 0.3) is 0 Å². The van der Waals surface area contributed by atoms with Crippen molar-refractivity contribution in [3.05, 3.63) is 47.2 Å². The summed E-state index contributed by atoms with van der Waals surface area (Å²) in [4.78, 5) is 13.8. The van der Waals surface area contributed by atoms with Gasteiger partial charge in [-0.2, -0.15) is 0 Å². The van der Waals surface area contributed by atoms with Gasteiger partial charge in [-0.05, 0) is 5.56 Å². The normalized spacial score (nSPS) is 16.7. The summed E-state index contributed by atoms with van der Waals surface area (Å²) in [7, 11) is 1.39. The van der Waals surface area contributed by atoms with Crippen molar-refractivity contribution in [3.8, 4) is 0 Å². The third-order valence-corrected chi connectivity index (χ3v) is 3.15. The predicted molar refractivity (Wildman–Crippen MR) is 69.6 cm³/mol. The molecule has 0 fully saturated rings. The summed E-state index contributed by atoms with van der Waals surface area (Å²) in [6.07, 6.45) is 0.720. The Bertz CT molecular complexity index is 454. The first kappa shape index (κ1) is 12.6. The molecular formula is C14H18N2O2. The van der Waals surface area contributed by atoms with Gasteiger partial charge in [0, 0.05) is 31.8 Å². The van der Waals surface area contributed by atoms with Crippen LogP contribution >= 0.6 is 0 Å². The number of rotatable bonds is 3. The van der Waals surface area contributed by atoms with Crippen molar-refractivity contribution in [2.24, 2.45) is 5.73 Å². The van der Waals surface area contributed by atoms with E-state index in [4.69, 9.17) is 10.5 Å². The van der Waals surface area contributed by atoms with Crippen LogP contribution in [0.3, 0.4) is 0 Å². The molecule has 1 aromatic rings. The Balaban J connectivity index is 2.04. The summed E-state index contributed by atoms with van der Waals surface area (Å²) in [5, 5.41) is 0. The van der Waals surface area contributed by atoms with Crippen LogP contribution in [-0.4, -0.2) is 31.1 Å². The molecule has 4 heteroatoms. The minimum absolute atomic E-state index is 0.315. The van der Waals surface area contributed by atoms with Crippen LogP contribution in [0.5, 0.6) is 0 Å². The highest BCUT2D eigenvalue weighted by molar-refractivity contribution is 5.89. The number of hydrogen-bond acceptors (Lipinski definition) is 4. The zero-order chi connectivity index (χ0) is 13.0. The van der Waals surface area contributed by atoms with E-state index in [0.717, 1.165) is 19.5 Å². The Morgan fingerprint density at radius 1 is 1.39 bits per heavy atom. The topological polar surface area (TPSA) is 55.6 Å². The Hall–Kier alpha value is -1.81. The van der Waals surface area contributed by atoms with E-state index in [2.05, 4.69) is 17.0 Å². The zero-order valence-electron chi connectivity index (χ0n) is 10.6. The van der Waals surface area contributed by atoms with Gasteiger partial charge in [-0.25, -0.2) is 4.79 Å². The summed E-state index contributed by atoms with van der Waals surface area (Å²) in [6.45, 7) is 2.27. The monoisotopic (exact) mass is 246 g/mol. The standard InChI is InChI=1S/C14H18N2O2/c1-18-14(17)12-10-16(8-7-13(12)15)9-11-5-3-2-4-6-11/h2-6H,7-10,15H2,1H3. The highest BCUT2D eigenvalue weighted by atomic mass is 16.5. The second-order valence-corrected chi connectivity index (χ2v) is 4.44. The molecule has 1 heterocycles. The number of hydrogen-bond donors (Lipinski definition) is 1. The Morgan fingerprint density at radius 2 is 2.11 bits per heavy atom. The van der Waals surface area contributed by atoms with Crippen molar-refractivity contribution < 1.29 is 9.53 Å². The molecule has 1 aliphatic heterocycles. The maximum absolute atomic E-state index is 11.6. The van der Waals surface area contributed by atoms with Gasteiger partial charge >= 0.3 is 5.97 Å². The molecule has 0 spiro atoms. The van der Waals surface area contributed by atoms with Crippen molar-refractivity contribution in [3.63, 3.8) is 0 Å². The quantitative estimate of drug-likeness (QED) is 0.816. The molecule has 0 saturated heterocycles. The fourth-order valence-electron chi connectivity index (χ4n) is 2.13. The van der Waals surface area contributed by atoms with E-state index in [1.54, 1.807) is 0 Å². The largest absolute Gasteiger partial charge is 0.466 e. The van der Waals surface area contributed by atoms with Crippen LogP contribution in [0.25, 0.3) is 0 Å². The minimum atomic E-state index is -0.315. The van der Waals surface area contributed by atoms with E-state index >= 15 is 0 Å². The van der Waals surface area contributed by atoms with Crippen molar-refractivity contribution >= 4 is 5.97 Å². The first-order chi connectivity index (χ1) is 8.70. The second-order valence-electron chi connectivity index (χ2n) is 4.44. The van der Waals surface area contributed by atoms with E-state index in [9.17, 15) is 4.79 Å². The molecule has 0 unspecified atom stereocenters. The van der Waals surface area contributed by atoms with Crippen LogP contribution < -0.4 is 5.73 Å². The van der Waals surface area contributed by atoms with Gasteiger partial charge in [0.15, 0.2) is 0 Å². The first-order valence-electron chi connectivity index (χ1n) is 6.03. The van der Waals surface area contributed by atoms with Gasteiger partial charge in [-0.3, -0.25) is 4.90 Å². The van der Waals surface area contributed by atoms with Gasteiger partial charge < -0.3 is 10.5 Å². The number of esters is 1. The number of nitrogens with two attached hydrogens (primary N) is 1. The molecule has 0 radical (unpaired) electrons. The Labute approximate surface area is 107 Å². The first-order valence-corrected chi connectivity index (χ1v) is 6.03. The molecule has 4 nitrogen and oxygen atoms in total. The van der Waals surface area contributed by atoms with E-state index in [1.807, 2.05) is 18.2 Å². The van der Waals surface area contributed by atoms with Crippen LogP contribution in [0.1, 0.15) is 12.0 Å². The molecule has 0 aromatic heterocycles. The van der Waals surface area contributed by atoms with Crippen LogP contribution in [0, 0.1) is 0 Å². The molecule has 0 bridgehead atoms. The lowest BCUT2D eigenvalue weighted by Crippen LogP contribution is -2.35. The Morgan fingerprint density at radius 3 is 2.78 bits per heavy atom. The molecule has 1 aromatic carbocycles. The van der Waals surface area contributed by atoms with Crippen molar-refractivity contribution in [2.45, 2.75) is 13.0 Å². The molecule has 0 aliphatic carbocycles. The zero-order valence-corrected chi connectivity index (χ0v) is 10.6. The molecule has 18 heavy (non-hydrogen) atoms. The minimum Gasteiger partial charge on any atom is -0.466 e. The third kappa shape index (κ3) is 2.90. The van der Waals surface area contributed by atoms with Crippen LogP contribution in [-0.2, 0) is 16.1 Å². The highest BCUT2D eigenvalue weighted by Crippen LogP contribution is 2.17. The fourth-order valence-corrected chi connectivity index (χ4v) is 2.13. The predicted octanol–water partition coefficient (Wildman–Crippen LogP) is 1.28. The number of methoxy groups -OCH3 is 1.